The third kappa shape index (κ3) is 2.90. The summed E-state index contributed by atoms with van der Waals surface area (Å²) in [5.74, 6) is 0.550. The maximum atomic E-state index is 12.5. The van der Waals surface area contributed by atoms with Gasteiger partial charge in [0, 0.05) is 32.7 Å². The van der Waals surface area contributed by atoms with E-state index < -0.39 is 5.54 Å². The van der Waals surface area contributed by atoms with Gasteiger partial charge in [-0.1, -0.05) is 0 Å². The minimum atomic E-state index is -0.643. The molecule has 2 aliphatic rings. The van der Waals surface area contributed by atoms with Crippen molar-refractivity contribution in [2.24, 2.45) is 11.7 Å². The van der Waals surface area contributed by atoms with Crippen LogP contribution in [0, 0.1) is 5.92 Å². The summed E-state index contributed by atoms with van der Waals surface area (Å²) in [6.07, 6.45) is 2.22. The van der Waals surface area contributed by atoms with Gasteiger partial charge in [-0.2, -0.15) is 11.3 Å². The lowest BCUT2D eigenvalue weighted by Crippen LogP contribution is -2.59. The van der Waals surface area contributed by atoms with Crippen molar-refractivity contribution in [2.45, 2.75) is 31.8 Å². The highest BCUT2D eigenvalue weighted by atomic mass is 32.1. The van der Waals surface area contributed by atoms with Gasteiger partial charge in [-0.25, -0.2) is 0 Å². The van der Waals surface area contributed by atoms with E-state index in [1.807, 2.05) is 11.8 Å². The molecule has 0 bridgehead atoms. The molecule has 0 spiro atoms. The molecular formula is C15H23N3OS. The van der Waals surface area contributed by atoms with Gasteiger partial charge in [0.25, 0.3) is 0 Å². The maximum Gasteiger partial charge on any atom is 0.242 e. The summed E-state index contributed by atoms with van der Waals surface area (Å²) in [6, 6.07) is 2.17. The summed E-state index contributed by atoms with van der Waals surface area (Å²) in [5.41, 5.74) is 6.97. The molecule has 2 heterocycles. The van der Waals surface area contributed by atoms with E-state index in [4.69, 9.17) is 5.73 Å². The zero-order chi connectivity index (χ0) is 14.2. The fraction of sp³-hybridized carbons (Fsp3) is 0.667. The van der Waals surface area contributed by atoms with Crippen LogP contribution < -0.4 is 5.73 Å². The molecule has 1 atom stereocenters. The van der Waals surface area contributed by atoms with E-state index >= 15 is 0 Å². The average molecular weight is 293 g/mol. The highest BCUT2D eigenvalue weighted by Crippen LogP contribution is 2.39. The Balaban J connectivity index is 1.52. The second-order valence-electron chi connectivity index (χ2n) is 6.26. The van der Waals surface area contributed by atoms with E-state index in [1.54, 1.807) is 11.3 Å². The van der Waals surface area contributed by atoms with Gasteiger partial charge in [0.15, 0.2) is 0 Å². The van der Waals surface area contributed by atoms with Crippen molar-refractivity contribution >= 4 is 17.2 Å². The van der Waals surface area contributed by atoms with E-state index in [9.17, 15) is 4.79 Å². The lowest BCUT2D eigenvalue weighted by molar-refractivity contribution is -0.139. The molecule has 20 heavy (non-hydrogen) atoms. The molecule has 1 amide bonds. The molecule has 5 heteroatoms. The van der Waals surface area contributed by atoms with Crippen LogP contribution in [-0.4, -0.2) is 47.4 Å². The number of rotatable bonds is 4. The van der Waals surface area contributed by atoms with Crippen molar-refractivity contribution in [1.29, 1.82) is 0 Å². The van der Waals surface area contributed by atoms with E-state index in [-0.39, 0.29) is 5.91 Å². The molecule has 2 fully saturated rings. The summed E-state index contributed by atoms with van der Waals surface area (Å²) >= 11 is 1.74. The zero-order valence-electron chi connectivity index (χ0n) is 12.0. The summed E-state index contributed by atoms with van der Waals surface area (Å²) in [6.45, 7) is 6.41. The highest BCUT2D eigenvalue weighted by molar-refractivity contribution is 7.07. The highest BCUT2D eigenvalue weighted by Gasteiger charge is 2.46. The minimum absolute atomic E-state index is 0.148. The summed E-state index contributed by atoms with van der Waals surface area (Å²) < 4.78 is 0. The standard InChI is InChI=1S/C15H23N3OS/c1-15(16,13-2-3-13)14(19)18-7-5-17(6-8-18)10-12-4-9-20-11-12/h4,9,11,13H,2-3,5-8,10,16H2,1H3. The first kappa shape index (κ1) is 14.0. The van der Waals surface area contributed by atoms with E-state index in [0.29, 0.717) is 5.92 Å². The van der Waals surface area contributed by atoms with Crippen molar-refractivity contribution in [3.05, 3.63) is 22.4 Å². The lowest BCUT2D eigenvalue weighted by atomic mass is 9.95. The second kappa shape index (κ2) is 5.47. The number of nitrogens with two attached hydrogens (primary N) is 1. The first-order valence-electron chi connectivity index (χ1n) is 7.39. The maximum absolute atomic E-state index is 12.5. The monoisotopic (exact) mass is 293 g/mol. The van der Waals surface area contributed by atoms with Gasteiger partial charge < -0.3 is 10.6 Å². The van der Waals surface area contributed by atoms with Crippen LogP contribution in [0.25, 0.3) is 0 Å². The molecule has 3 rings (SSSR count). The predicted molar refractivity (Wildman–Crippen MR) is 81.5 cm³/mol. The number of piperazine rings is 1. The van der Waals surface area contributed by atoms with E-state index in [0.717, 1.165) is 45.6 Å². The van der Waals surface area contributed by atoms with Crippen molar-refractivity contribution in [3.8, 4) is 0 Å². The molecule has 0 radical (unpaired) electrons. The van der Waals surface area contributed by atoms with Gasteiger partial charge >= 0.3 is 0 Å². The second-order valence-corrected chi connectivity index (χ2v) is 7.04. The van der Waals surface area contributed by atoms with E-state index in [1.165, 1.54) is 5.56 Å². The molecule has 1 aromatic heterocycles. The Labute approximate surface area is 124 Å². The van der Waals surface area contributed by atoms with Crippen LogP contribution in [0.3, 0.4) is 0 Å². The van der Waals surface area contributed by atoms with Gasteiger partial charge in [-0.15, -0.1) is 0 Å². The molecule has 1 aliphatic carbocycles. The Morgan fingerprint density at radius 2 is 2.10 bits per heavy atom. The quantitative estimate of drug-likeness (QED) is 0.915. The molecular weight excluding hydrogens is 270 g/mol. The fourth-order valence-corrected chi connectivity index (χ4v) is 3.61. The van der Waals surface area contributed by atoms with Crippen molar-refractivity contribution in [2.75, 3.05) is 26.2 Å². The van der Waals surface area contributed by atoms with E-state index in [2.05, 4.69) is 21.7 Å². The Bertz CT molecular complexity index is 459. The normalized spacial score (nSPS) is 23.6. The third-order valence-corrected chi connectivity index (χ3v) is 5.26. The lowest BCUT2D eigenvalue weighted by Gasteiger charge is -2.38. The SMILES string of the molecule is CC(N)(C(=O)N1CCN(Cc2ccsc2)CC1)C1CC1. The molecule has 2 N–H and O–H groups in total. The number of nitrogens with zero attached hydrogens (tertiary/aromatic N) is 2. The number of carbonyl (C=O) groups excluding carboxylic acids is 1. The van der Waals surface area contributed by atoms with Crippen molar-refractivity contribution in [1.82, 2.24) is 9.80 Å². The number of amides is 1. The number of carbonyl (C=O) groups is 1. The smallest absolute Gasteiger partial charge is 0.242 e. The molecule has 0 aromatic carbocycles. The van der Waals surface area contributed by atoms with Crippen molar-refractivity contribution < 1.29 is 4.79 Å². The predicted octanol–water partition coefficient (Wildman–Crippen LogP) is 1.52. The average Bonchev–Trinajstić information content (AvgIpc) is 3.19. The number of hydrogen-bond donors (Lipinski definition) is 1. The Morgan fingerprint density at radius 1 is 1.40 bits per heavy atom. The van der Waals surface area contributed by atoms with Gasteiger partial charge in [0.2, 0.25) is 5.91 Å². The zero-order valence-corrected chi connectivity index (χ0v) is 12.9. The van der Waals surface area contributed by atoms with Gasteiger partial charge in [-0.05, 0) is 48.1 Å². The molecule has 110 valence electrons. The van der Waals surface area contributed by atoms with Gasteiger partial charge in [0.05, 0.1) is 5.54 Å². The molecule has 1 aromatic rings. The molecule has 1 saturated heterocycles. The Kier molecular flexibility index (Phi) is 3.84. The van der Waals surface area contributed by atoms with Gasteiger partial charge in [0.1, 0.15) is 0 Å². The Morgan fingerprint density at radius 3 is 2.65 bits per heavy atom. The van der Waals surface area contributed by atoms with Gasteiger partial charge in [-0.3, -0.25) is 9.69 Å². The van der Waals surface area contributed by atoms with Crippen LogP contribution in [0.4, 0.5) is 0 Å². The first-order chi connectivity index (χ1) is 9.57. The van der Waals surface area contributed by atoms with Crippen LogP contribution in [0.1, 0.15) is 25.3 Å². The largest absolute Gasteiger partial charge is 0.339 e. The van der Waals surface area contributed by atoms with Crippen LogP contribution >= 0.6 is 11.3 Å². The third-order valence-electron chi connectivity index (χ3n) is 4.53. The van der Waals surface area contributed by atoms with Crippen molar-refractivity contribution in [3.63, 3.8) is 0 Å². The fourth-order valence-electron chi connectivity index (χ4n) is 2.95. The first-order valence-corrected chi connectivity index (χ1v) is 8.33. The molecule has 1 unspecified atom stereocenters. The van der Waals surface area contributed by atoms with Crippen LogP contribution in [0.2, 0.25) is 0 Å². The summed E-state index contributed by atoms with van der Waals surface area (Å²) in [7, 11) is 0. The Hall–Kier alpha value is -0.910. The molecule has 1 aliphatic heterocycles. The number of hydrogen-bond acceptors (Lipinski definition) is 4. The summed E-state index contributed by atoms with van der Waals surface area (Å²) in [4.78, 5) is 16.9. The number of thiophene rings is 1. The molecule has 1 saturated carbocycles. The molecule has 4 nitrogen and oxygen atoms in total. The van der Waals surface area contributed by atoms with Crippen LogP contribution in [0.5, 0.6) is 0 Å². The van der Waals surface area contributed by atoms with Crippen LogP contribution in [-0.2, 0) is 11.3 Å². The summed E-state index contributed by atoms with van der Waals surface area (Å²) in [5, 5.41) is 4.31. The minimum Gasteiger partial charge on any atom is -0.339 e. The topological polar surface area (TPSA) is 49.6 Å². The van der Waals surface area contributed by atoms with Crippen LogP contribution in [0.15, 0.2) is 16.8 Å².